The highest BCUT2D eigenvalue weighted by molar-refractivity contribution is 5.88. The average Bonchev–Trinajstić information content (AvgIpc) is 2.46. The second-order valence-corrected chi connectivity index (χ2v) is 3.69. The van der Waals surface area contributed by atoms with Crippen LogP contribution in [0.2, 0.25) is 0 Å². The lowest BCUT2D eigenvalue weighted by molar-refractivity contribution is 0.251. The van der Waals surface area contributed by atoms with Crippen LogP contribution in [0.3, 0.4) is 0 Å². The fourth-order valence-electron chi connectivity index (χ4n) is 1.52. The van der Waals surface area contributed by atoms with Gasteiger partial charge in [0.05, 0.1) is 7.11 Å². The van der Waals surface area contributed by atoms with Gasteiger partial charge in [-0.1, -0.05) is 12.1 Å². The second kappa shape index (κ2) is 6.34. The first-order valence-electron chi connectivity index (χ1n) is 5.73. The molecule has 98 valence electrons. The van der Waals surface area contributed by atoms with E-state index >= 15 is 0 Å². The Balaban J connectivity index is 1.90. The number of hydrogen-bond donors (Lipinski definition) is 2. The Hall–Kier alpha value is -2.63. The summed E-state index contributed by atoms with van der Waals surface area (Å²) in [6.45, 7) is 0.329. The van der Waals surface area contributed by atoms with Gasteiger partial charge in [-0.15, -0.1) is 0 Å². The molecule has 0 atom stereocenters. The topological polar surface area (TPSA) is 76.1 Å². The number of anilines is 1. The Bertz CT molecular complexity index is 545. The van der Waals surface area contributed by atoms with Crippen LogP contribution in [0.4, 0.5) is 10.6 Å². The van der Waals surface area contributed by atoms with Crippen molar-refractivity contribution in [3.8, 4) is 5.88 Å². The number of hydrogen-bond acceptors (Lipinski definition) is 4. The van der Waals surface area contributed by atoms with Crippen LogP contribution in [0.5, 0.6) is 5.88 Å². The summed E-state index contributed by atoms with van der Waals surface area (Å²) in [4.78, 5) is 19.7. The number of carbonyl (C=O) groups excluding carboxylic acids is 1. The van der Waals surface area contributed by atoms with Crippen LogP contribution in [-0.2, 0) is 6.54 Å². The molecular formula is C13H14N4O2. The summed E-state index contributed by atoms with van der Waals surface area (Å²) in [6, 6.07) is 8.59. The molecule has 2 heterocycles. The van der Waals surface area contributed by atoms with Crippen molar-refractivity contribution >= 4 is 11.8 Å². The molecular weight excluding hydrogens is 244 g/mol. The molecule has 6 heteroatoms. The lowest BCUT2D eigenvalue weighted by atomic mass is 10.3. The molecule has 2 amide bonds. The molecule has 2 aromatic rings. The lowest BCUT2D eigenvalue weighted by Gasteiger charge is -2.09. The Kier molecular flexibility index (Phi) is 4.28. The van der Waals surface area contributed by atoms with Crippen LogP contribution in [0.15, 0.2) is 42.7 Å². The number of rotatable bonds is 4. The molecule has 2 N–H and O–H groups in total. The molecule has 6 nitrogen and oxygen atoms in total. The molecule has 0 aliphatic heterocycles. The standard InChI is InChI=1S/C13H14N4O2/c1-19-12-10(5-4-8-15-12)9-16-13(18)17-11-6-2-3-7-14-11/h2-8H,9H2,1H3,(H2,14,16,17,18). The Morgan fingerprint density at radius 2 is 2.05 bits per heavy atom. The summed E-state index contributed by atoms with van der Waals surface area (Å²) in [5.41, 5.74) is 0.807. The first-order chi connectivity index (χ1) is 9.29. The third-order valence-corrected chi connectivity index (χ3v) is 2.39. The first kappa shape index (κ1) is 12.8. The van der Waals surface area contributed by atoms with Gasteiger partial charge in [-0.25, -0.2) is 14.8 Å². The van der Waals surface area contributed by atoms with E-state index in [1.165, 1.54) is 0 Å². The number of methoxy groups -OCH3 is 1. The monoisotopic (exact) mass is 258 g/mol. The number of amides is 2. The molecule has 0 radical (unpaired) electrons. The van der Waals surface area contributed by atoms with Gasteiger partial charge in [0, 0.05) is 24.5 Å². The smallest absolute Gasteiger partial charge is 0.320 e. The molecule has 2 aromatic heterocycles. The number of aromatic nitrogens is 2. The predicted molar refractivity (Wildman–Crippen MR) is 70.9 cm³/mol. The zero-order valence-corrected chi connectivity index (χ0v) is 10.5. The molecule has 0 saturated carbocycles. The van der Waals surface area contributed by atoms with Gasteiger partial charge in [0.1, 0.15) is 5.82 Å². The van der Waals surface area contributed by atoms with Gasteiger partial charge in [0.15, 0.2) is 0 Å². The highest BCUT2D eigenvalue weighted by Gasteiger charge is 2.06. The SMILES string of the molecule is COc1ncccc1CNC(=O)Nc1ccccn1. The second-order valence-electron chi connectivity index (χ2n) is 3.69. The molecule has 2 rings (SSSR count). The molecule has 0 spiro atoms. The van der Waals surface area contributed by atoms with Crippen molar-refractivity contribution in [2.24, 2.45) is 0 Å². The van der Waals surface area contributed by atoms with Crippen LogP contribution in [-0.4, -0.2) is 23.1 Å². The minimum Gasteiger partial charge on any atom is -0.481 e. The van der Waals surface area contributed by atoms with Crippen molar-refractivity contribution < 1.29 is 9.53 Å². The van der Waals surface area contributed by atoms with Crippen LogP contribution >= 0.6 is 0 Å². The van der Waals surface area contributed by atoms with Gasteiger partial charge in [0.2, 0.25) is 5.88 Å². The molecule has 0 aliphatic carbocycles. The fraction of sp³-hybridized carbons (Fsp3) is 0.154. The molecule has 0 aliphatic rings. The van der Waals surface area contributed by atoms with E-state index in [1.54, 1.807) is 43.8 Å². The predicted octanol–water partition coefficient (Wildman–Crippen LogP) is 1.81. The number of ether oxygens (including phenoxy) is 1. The average molecular weight is 258 g/mol. The number of nitrogens with one attached hydrogen (secondary N) is 2. The van der Waals surface area contributed by atoms with E-state index in [9.17, 15) is 4.79 Å². The minimum atomic E-state index is -0.329. The lowest BCUT2D eigenvalue weighted by Crippen LogP contribution is -2.28. The van der Waals surface area contributed by atoms with Gasteiger partial charge in [-0.3, -0.25) is 5.32 Å². The zero-order chi connectivity index (χ0) is 13.5. The Morgan fingerprint density at radius 3 is 2.79 bits per heavy atom. The third-order valence-electron chi connectivity index (χ3n) is 2.39. The molecule has 0 fully saturated rings. The van der Waals surface area contributed by atoms with Gasteiger partial charge in [-0.05, 0) is 18.2 Å². The summed E-state index contributed by atoms with van der Waals surface area (Å²) < 4.78 is 5.10. The van der Waals surface area contributed by atoms with E-state index in [2.05, 4.69) is 20.6 Å². The normalized spacial score (nSPS) is 9.74. The molecule has 0 unspecified atom stereocenters. The van der Waals surface area contributed by atoms with E-state index < -0.39 is 0 Å². The van der Waals surface area contributed by atoms with Gasteiger partial charge in [-0.2, -0.15) is 0 Å². The first-order valence-corrected chi connectivity index (χ1v) is 5.73. The van der Waals surface area contributed by atoms with Crippen LogP contribution in [0, 0.1) is 0 Å². The number of carbonyl (C=O) groups is 1. The molecule has 0 bridgehead atoms. The molecule has 0 saturated heterocycles. The van der Waals surface area contributed by atoms with Crippen LogP contribution in [0.1, 0.15) is 5.56 Å². The van der Waals surface area contributed by atoms with E-state index in [4.69, 9.17) is 4.74 Å². The maximum absolute atomic E-state index is 11.7. The Labute approximate surface area is 110 Å². The Morgan fingerprint density at radius 1 is 1.21 bits per heavy atom. The molecule has 19 heavy (non-hydrogen) atoms. The fourth-order valence-corrected chi connectivity index (χ4v) is 1.52. The van der Waals surface area contributed by atoms with E-state index in [0.717, 1.165) is 5.56 Å². The van der Waals surface area contributed by atoms with Crippen molar-refractivity contribution in [1.29, 1.82) is 0 Å². The largest absolute Gasteiger partial charge is 0.481 e. The van der Waals surface area contributed by atoms with Crippen molar-refractivity contribution in [2.75, 3.05) is 12.4 Å². The van der Waals surface area contributed by atoms with Gasteiger partial charge in [0.25, 0.3) is 0 Å². The third kappa shape index (κ3) is 3.67. The minimum absolute atomic E-state index is 0.329. The quantitative estimate of drug-likeness (QED) is 0.876. The molecule has 0 aromatic carbocycles. The summed E-state index contributed by atoms with van der Waals surface area (Å²) in [7, 11) is 1.54. The summed E-state index contributed by atoms with van der Waals surface area (Å²) in [5.74, 6) is 0.999. The van der Waals surface area contributed by atoms with Crippen molar-refractivity contribution in [3.05, 3.63) is 48.3 Å². The van der Waals surface area contributed by atoms with Crippen LogP contribution < -0.4 is 15.4 Å². The van der Waals surface area contributed by atoms with Crippen LogP contribution in [0.25, 0.3) is 0 Å². The highest BCUT2D eigenvalue weighted by atomic mass is 16.5. The summed E-state index contributed by atoms with van der Waals surface area (Å²) in [5, 5.41) is 5.34. The van der Waals surface area contributed by atoms with E-state index in [0.29, 0.717) is 18.2 Å². The van der Waals surface area contributed by atoms with Crippen molar-refractivity contribution in [2.45, 2.75) is 6.54 Å². The zero-order valence-electron chi connectivity index (χ0n) is 10.5. The number of nitrogens with zero attached hydrogens (tertiary/aromatic N) is 2. The van der Waals surface area contributed by atoms with Gasteiger partial charge >= 0.3 is 6.03 Å². The maximum Gasteiger partial charge on any atom is 0.320 e. The number of pyridine rings is 2. The van der Waals surface area contributed by atoms with Crippen molar-refractivity contribution in [1.82, 2.24) is 15.3 Å². The number of urea groups is 1. The summed E-state index contributed by atoms with van der Waals surface area (Å²) in [6.07, 6.45) is 3.25. The summed E-state index contributed by atoms with van der Waals surface area (Å²) >= 11 is 0. The van der Waals surface area contributed by atoms with E-state index in [1.807, 2.05) is 6.07 Å². The highest BCUT2D eigenvalue weighted by Crippen LogP contribution is 2.12. The van der Waals surface area contributed by atoms with Gasteiger partial charge < -0.3 is 10.1 Å². The maximum atomic E-state index is 11.7. The van der Waals surface area contributed by atoms with E-state index in [-0.39, 0.29) is 6.03 Å². The van der Waals surface area contributed by atoms with Crippen molar-refractivity contribution in [3.63, 3.8) is 0 Å².